The molecular formula is C14H26N4O2. The molecule has 4 N–H and O–H groups in total. The van der Waals surface area contributed by atoms with Gasteiger partial charge in [-0.25, -0.2) is 0 Å². The second kappa shape index (κ2) is 6.43. The smallest absolute Gasteiger partial charge is 0.233 e. The Morgan fingerprint density at radius 1 is 1.45 bits per heavy atom. The van der Waals surface area contributed by atoms with Crippen molar-refractivity contribution in [3.63, 3.8) is 0 Å². The number of oxime groups is 1. The summed E-state index contributed by atoms with van der Waals surface area (Å²) in [5, 5.41) is 15.1. The van der Waals surface area contributed by atoms with Crippen LogP contribution in [0.1, 0.15) is 38.5 Å². The molecule has 1 saturated heterocycles. The van der Waals surface area contributed by atoms with Crippen molar-refractivity contribution in [1.82, 2.24) is 10.2 Å². The number of nitrogens with two attached hydrogens (primary N) is 1. The van der Waals surface area contributed by atoms with Gasteiger partial charge in [-0.3, -0.25) is 4.79 Å². The van der Waals surface area contributed by atoms with Crippen LogP contribution in [0.5, 0.6) is 0 Å². The SMILES string of the molecule is CN1CCC(CNC(=O)C2(C(N)=NO)CCCCC2)C1. The molecule has 6 heteroatoms. The van der Waals surface area contributed by atoms with E-state index in [1.54, 1.807) is 0 Å². The predicted molar refractivity (Wildman–Crippen MR) is 77.5 cm³/mol. The van der Waals surface area contributed by atoms with Crippen LogP contribution in [0, 0.1) is 11.3 Å². The molecule has 20 heavy (non-hydrogen) atoms. The lowest BCUT2D eigenvalue weighted by atomic mass is 9.72. The molecule has 1 atom stereocenters. The number of hydrogen-bond acceptors (Lipinski definition) is 4. The van der Waals surface area contributed by atoms with Crippen molar-refractivity contribution in [1.29, 1.82) is 0 Å². The molecule has 114 valence electrons. The number of carbonyl (C=O) groups is 1. The van der Waals surface area contributed by atoms with Crippen LogP contribution in [0.2, 0.25) is 0 Å². The summed E-state index contributed by atoms with van der Waals surface area (Å²) in [6.07, 6.45) is 5.50. The van der Waals surface area contributed by atoms with Gasteiger partial charge in [0.15, 0.2) is 5.84 Å². The number of carbonyl (C=O) groups excluding carboxylic acids is 1. The van der Waals surface area contributed by atoms with Crippen LogP contribution < -0.4 is 11.1 Å². The van der Waals surface area contributed by atoms with Crippen LogP contribution in [0.3, 0.4) is 0 Å². The molecule has 0 aromatic rings. The lowest BCUT2D eigenvalue weighted by Crippen LogP contribution is -2.51. The first kappa shape index (κ1) is 15.1. The molecule has 1 amide bonds. The second-order valence-electron chi connectivity index (χ2n) is 6.25. The summed E-state index contributed by atoms with van der Waals surface area (Å²) in [5.41, 5.74) is 5.03. The molecule has 0 aromatic carbocycles. The maximum Gasteiger partial charge on any atom is 0.233 e. The highest BCUT2D eigenvalue weighted by atomic mass is 16.4. The number of likely N-dealkylation sites (tertiary alicyclic amines) is 1. The molecule has 1 heterocycles. The molecule has 2 rings (SSSR count). The average molecular weight is 282 g/mol. The summed E-state index contributed by atoms with van der Waals surface area (Å²) in [6.45, 7) is 2.80. The summed E-state index contributed by atoms with van der Waals surface area (Å²) >= 11 is 0. The Bertz CT molecular complexity index is 377. The highest BCUT2D eigenvalue weighted by Crippen LogP contribution is 2.36. The first-order valence-corrected chi connectivity index (χ1v) is 7.53. The molecule has 1 saturated carbocycles. The molecule has 2 aliphatic rings. The fraction of sp³-hybridized carbons (Fsp3) is 0.857. The third-order valence-electron chi connectivity index (χ3n) is 4.78. The molecule has 6 nitrogen and oxygen atoms in total. The van der Waals surface area contributed by atoms with Gasteiger partial charge in [-0.1, -0.05) is 24.4 Å². The summed E-state index contributed by atoms with van der Waals surface area (Å²) in [4.78, 5) is 14.8. The number of amides is 1. The van der Waals surface area contributed by atoms with Crippen molar-refractivity contribution in [3.05, 3.63) is 0 Å². The van der Waals surface area contributed by atoms with E-state index in [0.29, 0.717) is 25.3 Å². The quantitative estimate of drug-likeness (QED) is 0.307. The van der Waals surface area contributed by atoms with E-state index < -0.39 is 5.41 Å². The van der Waals surface area contributed by atoms with Gasteiger partial charge in [0.2, 0.25) is 5.91 Å². The van der Waals surface area contributed by atoms with Gasteiger partial charge in [0, 0.05) is 13.1 Å². The highest BCUT2D eigenvalue weighted by Gasteiger charge is 2.43. The van der Waals surface area contributed by atoms with E-state index in [1.807, 2.05) is 0 Å². The average Bonchev–Trinajstić information content (AvgIpc) is 2.90. The van der Waals surface area contributed by atoms with Crippen LogP contribution in [-0.2, 0) is 4.79 Å². The van der Waals surface area contributed by atoms with Crippen molar-refractivity contribution < 1.29 is 10.0 Å². The Hall–Kier alpha value is -1.30. The van der Waals surface area contributed by atoms with Crippen molar-refractivity contribution in [2.24, 2.45) is 22.2 Å². The normalized spacial score (nSPS) is 27.4. The van der Waals surface area contributed by atoms with E-state index in [9.17, 15) is 4.79 Å². The Balaban J connectivity index is 1.96. The first-order valence-electron chi connectivity index (χ1n) is 7.53. The van der Waals surface area contributed by atoms with Gasteiger partial charge in [-0.2, -0.15) is 0 Å². The molecule has 1 aliphatic heterocycles. The largest absolute Gasteiger partial charge is 0.409 e. The van der Waals surface area contributed by atoms with Gasteiger partial charge >= 0.3 is 0 Å². The minimum atomic E-state index is -0.794. The molecule has 0 spiro atoms. The predicted octanol–water partition coefficient (Wildman–Crippen LogP) is 0.751. The zero-order valence-corrected chi connectivity index (χ0v) is 12.3. The van der Waals surface area contributed by atoms with E-state index in [4.69, 9.17) is 10.9 Å². The van der Waals surface area contributed by atoms with Crippen molar-refractivity contribution in [3.8, 4) is 0 Å². The van der Waals surface area contributed by atoms with Crippen LogP contribution in [0.4, 0.5) is 0 Å². The van der Waals surface area contributed by atoms with Crippen LogP contribution >= 0.6 is 0 Å². The minimum absolute atomic E-state index is 0.0675. The van der Waals surface area contributed by atoms with E-state index in [1.165, 1.54) is 0 Å². The van der Waals surface area contributed by atoms with Crippen molar-refractivity contribution in [2.75, 3.05) is 26.7 Å². The molecule has 1 unspecified atom stereocenters. The van der Waals surface area contributed by atoms with Gasteiger partial charge in [0.25, 0.3) is 0 Å². The third kappa shape index (κ3) is 3.06. The van der Waals surface area contributed by atoms with Crippen LogP contribution in [0.15, 0.2) is 5.16 Å². The molecule has 0 bridgehead atoms. The minimum Gasteiger partial charge on any atom is -0.409 e. The number of rotatable bonds is 4. The monoisotopic (exact) mass is 282 g/mol. The lowest BCUT2D eigenvalue weighted by molar-refractivity contribution is -0.129. The number of hydrogen-bond donors (Lipinski definition) is 3. The Morgan fingerprint density at radius 2 is 2.15 bits per heavy atom. The van der Waals surface area contributed by atoms with E-state index in [-0.39, 0.29) is 11.7 Å². The molecule has 0 aromatic heterocycles. The van der Waals surface area contributed by atoms with Gasteiger partial charge < -0.3 is 21.2 Å². The summed E-state index contributed by atoms with van der Waals surface area (Å²) in [6, 6.07) is 0. The van der Waals surface area contributed by atoms with Crippen molar-refractivity contribution in [2.45, 2.75) is 38.5 Å². The highest BCUT2D eigenvalue weighted by molar-refractivity contribution is 6.06. The Morgan fingerprint density at radius 3 is 2.70 bits per heavy atom. The summed E-state index contributed by atoms with van der Waals surface area (Å²) in [5.74, 6) is 0.511. The number of amidine groups is 1. The topological polar surface area (TPSA) is 91.0 Å². The molecule has 0 radical (unpaired) electrons. The van der Waals surface area contributed by atoms with Gasteiger partial charge in [0.1, 0.15) is 5.41 Å². The Labute approximate surface area is 120 Å². The van der Waals surface area contributed by atoms with Gasteiger partial charge in [-0.05, 0) is 38.8 Å². The van der Waals surface area contributed by atoms with Crippen LogP contribution in [0.25, 0.3) is 0 Å². The standard InChI is InChI=1S/C14H26N4O2/c1-18-8-5-11(10-18)9-16-13(19)14(12(15)17-20)6-3-2-4-7-14/h11,20H,2-10H2,1H3,(H2,15,17)(H,16,19). The third-order valence-corrected chi connectivity index (χ3v) is 4.78. The maximum absolute atomic E-state index is 12.6. The van der Waals surface area contributed by atoms with Crippen molar-refractivity contribution >= 4 is 11.7 Å². The first-order chi connectivity index (χ1) is 9.58. The molecule has 2 fully saturated rings. The van der Waals surface area contributed by atoms with Crippen LogP contribution in [-0.4, -0.2) is 48.5 Å². The molecular weight excluding hydrogens is 256 g/mol. The zero-order valence-electron chi connectivity index (χ0n) is 12.3. The maximum atomic E-state index is 12.6. The lowest BCUT2D eigenvalue weighted by Gasteiger charge is -2.34. The van der Waals surface area contributed by atoms with E-state index in [0.717, 1.165) is 38.8 Å². The fourth-order valence-electron chi connectivity index (χ4n) is 3.45. The summed E-state index contributed by atoms with van der Waals surface area (Å²) < 4.78 is 0. The zero-order chi connectivity index (χ0) is 14.6. The fourth-order valence-corrected chi connectivity index (χ4v) is 3.45. The van der Waals surface area contributed by atoms with Gasteiger partial charge in [-0.15, -0.1) is 0 Å². The molecule has 1 aliphatic carbocycles. The number of nitrogens with zero attached hydrogens (tertiary/aromatic N) is 2. The second-order valence-corrected chi connectivity index (χ2v) is 6.25. The number of nitrogens with one attached hydrogen (secondary N) is 1. The van der Waals surface area contributed by atoms with E-state index in [2.05, 4.69) is 22.4 Å². The Kier molecular flexibility index (Phi) is 4.86. The van der Waals surface area contributed by atoms with E-state index >= 15 is 0 Å². The summed E-state index contributed by atoms with van der Waals surface area (Å²) in [7, 11) is 2.10. The van der Waals surface area contributed by atoms with Gasteiger partial charge in [0.05, 0.1) is 0 Å².